The third kappa shape index (κ3) is 8.49. The van der Waals surface area contributed by atoms with Crippen LogP contribution in [0.1, 0.15) is 77.7 Å². The SMILES string of the molecule is CCC[CH2][Sn]([CH2]CCC)([CH2]CCC)/[C](=C/C1(O)CCCN(Cc2ccccc2)C1)CO. The van der Waals surface area contributed by atoms with Gasteiger partial charge in [0.05, 0.1) is 0 Å². The number of aliphatic hydroxyl groups excluding tert-OH is 1. The van der Waals surface area contributed by atoms with Gasteiger partial charge in [0.1, 0.15) is 0 Å². The van der Waals surface area contributed by atoms with Crippen molar-refractivity contribution in [1.29, 1.82) is 0 Å². The zero-order chi connectivity index (χ0) is 22.6. The molecule has 0 aliphatic carbocycles. The molecule has 1 saturated heterocycles. The van der Waals surface area contributed by atoms with Crippen molar-refractivity contribution in [3.63, 3.8) is 0 Å². The van der Waals surface area contributed by atoms with Gasteiger partial charge in [-0.15, -0.1) is 0 Å². The Morgan fingerprint density at radius 1 is 1.00 bits per heavy atom. The topological polar surface area (TPSA) is 43.7 Å². The molecule has 1 aliphatic heterocycles. The van der Waals surface area contributed by atoms with Crippen LogP contribution < -0.4 is 0 Å². The number of piperidine rings is 1. The first-order valence-corrected chi connectivity index (χ1v) is 20.3. The minimum atomic E-state index is -2.71. The van der Waals surface area contributed by atoms with E-state index in [-0.39, 0.29) is 6.61 Å². The van der Waals surface area contributed by atoms with Crippen molar-refractivity contribution in [1.82, 2.24) is 4.90 Å². The summed E-state index contributed by atoms with van der Waals surface area (Å²) in [6, 6.07) is 10.6. The van der Waals surface area contributed by atoms with Gasteiger partial charge in [-0.1, -0.05) is 0 Å². The van der Waals surface area contributed by atoms with Crippen molar-refractivity contribution in [2.24, 2.45) is 0 Å². The molecule has 1 fully saturated rings. The van der Waals surface area contributed by atoms with Crippen LogP contribution >= 0.6 is 0 Å². The fraction of sp³-hybridized carbons (Fsp3) is 0.704. The van der Waals surface area contributed by atoms with Crippen LogP contribution in [0.5, 0.6) is 0 Å². The van der Waals surface area contributed by atoms with Gasteiger partial charge in [0, 0.05) is 0 Å². The number of likely N-dealkylation sites (tertiary alicyclic amines) is 1. The zero-order valence-corrected chi connectivity index (χ0v) is 23.3. The summed E-state index contributed by atoms with van der Waals surface area (Å²) >= 11 is -2.71. The summed E-state index contributed by atoms with van der Waals surface area (Å²) in [4.78, 5) is 2.39. The molecule has 1 aromatic rings. The van der Waals surface area contributed by atoms with Crippen molar-refractivity contribution < 1.29 is 10.2 Å². The van der Waals surface area contributed by atoms with Crippen LogP contribution in [-0.2, 0) is 6.54 Å². The monoisotopic (exact) mass is 537 g/mol. The van der Waals surface area contributed by atoms with Crippen LogP contribution in [0, 0.1) is 0 Å². The molecule has 176 valence electrons. The summed E-state index contributed by atoms with van der Waals surface area (Å²) in [5.74, 6) is 0. The van der Waals surface area contributed by atoms with Crippen molar-refractivity contribution in [3.05, 3.63) is 45.6 Å². The molecule has 3 nitrogen and oxygen atoms in total. The molecule has 4 heteroatoms. The van der Waals surface area contributed by atoms with Crippen molar-refractivity contribution in [2.45, 2.75) is 97.6 Å². The summed E-state index contributed by atoms with van der Waals surface area (Å²) in [5, 5.41) is 22.2. The number of aliphatic hydroxyl groups is 2. The molecule has 0 aromatic heterocycles. The second-order valence-corrected chi connectivity index (χ2v) is 23.2. The normalized spacial score (nSPS) is 20.9. The molecule has 31 heavy (non-hydrogen) atoms. The molecule has 1 atom stereocenters. The van der Waals surface area contributed by atoms with E-state index < -0.39 is 24.0 Å². The average molecular weight is 536 g/mol. The van der Waals surface area contributed by atoms with E-state index in [4.69, 9.17) is 0 Å². The first kappa shape index (κ1) is 26.9. The molecule has 1 aliphatic rings. The number of unbranched alkanes of at least 4 members (excludes halogenated alkanes) is 3. The minimum absolute atomic E-state index is 0.161. The fourth-order valence-corrected chi connectivity index (χ4v) is 21.7. The molecule has 2 N–H and O–H groups in total. The Morgan fingerprint density at radius 2 is 1.58 bits per heavy atom. The standard InChI is InChI=1S/C15H20NO2.3C4H9.Sn/c17-11-5-9-15(18)8-4-10-16(13-15)12-14-6-2-1-3-7-14;3*1-3-4-2;/h1-3,6-7,9,17-18H,4,8,10-13H2;3*1,3-4H2,2H3;. The molecule has 1 aromatic carbocycles. The molecule has 0 spiro atoms. The number of hydrogen-bond donors (Lipinski definition) is 2. The van der Waals surface area contributed by atoms with Gasteiger partial charge in [-0.05, 0) is 0 Å². The van der Waals surface area contributed by atoms with E-state index in [9.17, 15) is 10.2 Å². The van der Waals surface area contributed by atoms with Gasteiger partial charge in [0.25, 0.3) is 0 Å². The van der Waals surface area contributed by atoms with E-state index in [0.29, 0.717) is 6.54 Å². The van der Waals surface area contributed by atoms with E-state index in [0.717, 1.165) is 25.9 Å². The molecule has 2 rings (SSSR count). The summed E-state index contributed by atoms with van der Waals surface area (Å²) in [5.41, 5.74) is 0.512. The third-order valence-electron chi connectivity index (χ3n) is 7.15. The number of nitrogens with zero attached hydrogens (tertiary/aromatic N) is 1. The average Bonchev–Trinajstić information content (AvgIpc) is 2.78. The molecule has 0 radical (unpaired) electrons. The van der Waals surface area contributed by atoms with Gasteiger partial charge < -0.3 is 0 Å². The molecule has 1 unspecified atom stereocenters. The second kappa shape index (κ2) is 14.0. The van der Waals surface area contributed by atoms with Crippen LogP contribution in [0.2, 0.25) is 13.3 Å². The number of rotatable bonds is 14. The molecule has 1 heterocycles. The molecule has 0 saturated carbocycles. The molecular formula is C27H47NO2Sn. The number of hydrogen-bond acceptors (Lipinski definition) is 3. The fourth-order valence-electron chi connectivity index (χ4n) is 5.34. The van der Waals surface area contributed by atoms with Crippen molar-refractivity contribution >= 4 is 18.4 Å². The van der Waals surface area contributed by atoms with Crippen LogP contribution in [0.25, 0.3) is 0 Å². The van der Waals surface area contributed by atoms with E-state index in [1.165, 1.54) is 61.0 Å². The summed E-state index contributed by atoms with van der Waals surface area (Å²) < 4.78 is 5.32. The second-order valence-electron chi connectivity index (χ2n) is 9.82. The summed E-state index contributed by atoms with van der Waals surface area (Å²) in [7, 11) is 0. The van der Waals surface area contributed by atoms with Crippen molar-refractivity contribution in [2.75, 3.05) is 19.7 Å². The summed E-state index contributed by atoms with van der Waals surface area (Å²) in [6.45, 7) is 9.63. The zero-order valence-electron chi connectivity index (χ0n) is 20.4. The van der Waals surface area contributed by atoms with Gasteiger partial charge in [-0.3, -0.25) is 0 Å². The molecular weight excluding hydrogens is 489 g/mol. The van der Waals surface area contributed by atoms with Gasteiger partial charge in [0.15, 0.2) is 0 Å². The first-order chi connectivity index (χ1) is 15.0. The third-order valence-corrected chi connectivity index (χ3v) is 23.1. The summed E-state index contributed by atoms with van der Waals surface area (Å²) in [6.07, 6.45) is 11.5. The Bertz CT molecular complexity index is 626. The van der Waals surface area contributed by atoms with Crippen LogP contribution in [0.15, 0.2) is 40.0 Å². The predicted octanol–water partition coefficient (Wildman–Crippen LogP) is 6.32. The van der Waals surface area contributed by atoms with E-state index in [1.54, 1.807) is 0 Å². The van der Waals surface area contributed by atoms with Crippen LogP contribution in [-0.4, -0.2) is 58.8 Å². The molecule has 0 amide bonds. The van der Waals surface area contributed by atoms with Gasteiger partial charge in [-0.25, -0.2) is 0 Å². The first-order valence-electron chi connectivity index (χ1n) is 12.8. The Morgan fingerprint density at radius 3 is 2.10 bits per heavy atom. The Hall–Kier alpha value is -0.361. The molecule has 0 bridgehead atoms. The predicted molar refractivity (Wildman–Crippen MR) is 136 cm³/mol. The van der Waals surface area contributed by atoms with E-state index in [2.05, 4.69) is 62.1 Å². The van der Waals surface area contributed by atoms with Crippen molar-refractivity contribution in [3.8, 4) is 0 Å². The Kier molecular flexibility index (Phi) is 12.2. The maximum atomic E-state index is 11.7. The Balaban J connectivity index is 2.27. The van der Waals surface area contributed by atoms with E-state index >= 15 is 0 Å². The van der Waals surface area contributed by atoms with Crippen LogP contribution in [0.3, 0.4) is 0 Å². The van der Waals surface area contributed by atoms with Gasteiger partial charge >= 0.3 is 196 Å². The maximum absolute atomic E-state index is 11.7. The van der Waals surface area contributed by atoms with Gasteiger partial charge in [0.2, 0.25) is 0 Å². The number of benzene rings is 1. The Labute approximate surface area is 195 Å². The van der Waals surface area contributed by atoms with Gasteiger partial charge in [-0.2, -0.15) is 0 Å². The van der Waals surface area contributed by atoms with E-state index in [1.807, 2.05) is 0 Å². The number of β-amino-alcohol motifs (C(OH)–C–C–N with tert-alkyl or cyclic N) is 1. The quantitative estimate of drug-likeness (QED) is 0.274. The van der Waals surface area contributed by atoms with Crippen LogP contribution in [0.4, 0.5) is 0 Å².